The van der Waals surface area contributed by atoms with Crippen molar-refractivity contribution in [3.63, 3.8) is 0 Å². The quantitative estimate of drug-likeness (QED) is 0.486. The van der Waals surface area contributed by atoms with Crippen LogP contribution in [0.4, 0.5) is 5.69 Å². The van der Waals surface area contributed by atoms with Crippen molar-refractivity contribution in [3.05, 3.63) is 72.1 Å². The van der Waals surface area contributed by atoms with E-state index in [-0.39, 0.29) is 5.91 Å². The van der Waals surface area contributed by atoms with E-state index in [9.17, 15) is 4.79 Å². The van der Waals surface area contributed by atoms with E-state index in [1.165, 1.54) is 0 Å². The van der Waals surface area contributed by atoms with Gasteiger partial charge in [-0.25, -0.2) is 4.98 Å². The van der Waals surface area contributed by atoms with E-state index in [2.05, 4.69) is 15.3 Å². The average molecular weight is 326 g/mol. The molecule has 5 nitrogen and oxygen atoms in total. The molecule has 5 heteroatoms. The monoisotopic (exact) mass is 326 g/mol. The number of imidazole rings is 1. The van der Waals surface area contributed by atoms with Crippen molar-refractivity contribution in [2.45, 2.75) is 0 Å². The topological polar surface area (TPSA) is 73.6 Å². The molecular formula is C20H14N4O. The van der Waals surface area contributed by atoms with Gasteiger partial charge in [0.05, 0.1) is 22.3 Å². The van der Waals surface area contributed by atoms with E-state index in [0.717, 1.165) is 39.4 Å². The molecule has 0 radical (unpaired) electrons. The summed E-state index contributed by atoms with van der Waals surface area (Å²) in [6, 6.07) is 17.7. The summed E-state index contributed by atoms with van der Waals surface area (Å²) in [4.78, 5) is 23.7. The molecule has 2 aromatic heterocycles. The highest BCUT2D eigenvalue weighted by molar-refractivity contribution is 6.37. The Hall–Kier alpha value is -3.60. The number of aromatic amines is 2. The number of nitrogens with zero attached hydrogens (tertiary/aromatic N) is 1. The minimum absolute atomic E-state index is 0.110. The molecule has 0 aliphatic carbocycles. The molecule has 1 aliphatic rings. The van der Waals surface area contributed by atoms with Crippen molar-refractivity contribution in [3.8, 4) is 11.4 Å². The van der Waals surface area contributed by atoms with Crippen molar-refractivity contribution in [1.29, 1.82) is 0 Å². The third-order valence-electron chi connectivity index (χ3n) is 4.39. The van der Waals surface area contributed by atoms with Crippen LogP contribution in [0.2, 0.25) is 0 Å². The Kier molecular flexibility index (Phi) is 2.87. The van der Waals surface area contributed by atoms with Gasteiger partial charge < -0.3 is 15.3 Å². The van der Waals surface area contributed by atoms with Crippen LogP contribution in [-0.4, -0.2) is 20.9 Å². The van der Waals surface area contributed by atoms with Gasteiger partial charge in [-0.3, -0.25) is 4.79 Å². The summed E-state index contributed by atoms with van der Waals surface area (Å²) in [5.41, 5.74) is 5.86. The highest BCUT2D eigenvalue weighted by Crippen LogP contribution is 2.38. The van der Waals surface area contributed by atoms with E-state index in [4.69, 9.17) is 4.98 Å². The summed E-state index contributed by atoms with van der Waals surface area (Å²) in [5.74, 6) is 0.684. The zero-order valence-corrected chi connectivity index (χ0v) is 13.2. The second-order valence-electron chi connectivity index (χ2n) is 5.97. The molecule has 4 aromatic rings. The van der Waals surface area contributed by atoms with Crippen LogP contribution in [0.1, 0.15) is 11.3 Å². The number of aromatic nitrogens is 3. The van der Waals surface area contributed by atoms with Gasteiger partial charge in [0.25, 0.3) is 5.91 Å². The highest BCUT2D eigenvalue weighted by Gasteiger charge is 2.28. The molecule has 0 bridgehead atoms. The SMILES string of the molecule is O=C1Nc2ccc3[nH]c(-c4ccccc4)nc3c2/C1=C/c1ccc[nH]1. The molecular weight excluding hydrogens is 312 g/mol. The van der Waals surface area contributed by atoms with E-state index in [0.29, 0.717) is 5.57 Å². The third kappa shape index (κ3) is 2.17. The van der Waals surface area contributed by atoms with Crippen LogP contribution >= 0.6 is 0 Å². The number of fused-ring (bicyclic) bond motifs is 3. The summed E-state index contributed by atoms with van der Waals surface area (Å²) in [7, 11) is 0. The first-order chi connectivity index (χ1) is 12.3. The van der Waals surface area contributed by atoms with Crippen LogP contribution in [0.5, 0.6) is 0 Å². The van der Waals surface area contributed by atoms with Crippen LogP contribution in [0.3, 0.4) is 0 Å². The van der Waals surface area contributed by atoms with Crippen molar-refractivity contribution >= 4 is 34.3 Å². The molecule has 0 atom stereocenters. The number of anilines is 1. The molecule has 5 rings (SSSR count). The molecule has 2 aromatic carbocycles. The van der Waals surface area contributed by atoms with Crippen molar-refractivity contribution < 1.29 is 4.79 Å². The van der Waals surface area contributed by atoms with Gasteiger partial charge in [-0.15, -0.1) is 0 Å². The molecule has 0 saturated carbocycles. The predicted octanol–water partition coefficient (Wildman–Crippen LogP) is 4.05. The summed E-state index contributed by atoms with van der Waals surface area (Å²) in [6.45, 7) is 0. The molecule has 120 valence electrons. The zero-order valence-electron chi connectivity index (χ0n) is 13.2. The number of amides is 1. The Balaban J connectivity index is 1.73. The van der Waals surface area contributed by atoms with Crippen LogP contribution in [-0.2, 0) is 4.79 Å². The number of benzene rings is 2. The number of hydrogen-bond acceptors (Lipinski definition) is 2. The maximum Gasteiger partial charge on any atom is 0.256 e. The van der Waals surface area contributed by atoms with Crippen LogP contribution in [0.25, 0.3) is 34.1 Å². The molecule has 1 aliphatic heterocycles. The van der Waals surface area contributed by atoms with Gasteiger partial charge in [-0.05, 0) is 30.3 Å². The van der Waals surface area contributed by atoms with E-state index in [1.54, 1.807) is 0 Å². The van der Waals surface area contributed by atoms with Gasteiger partial charge in [0.15, 0.2) is 0 Å². The molecule has 25 heavy (non-hydrogen) atoms. The minimum Gasteiger partial charge on any atom is -0.362 e. The van der Waals surface area contributed by atoms with Crippen LogP contribution in [0.15, 0.2) is 60.8 Å². The molecule has 0 unspecified atom stereocenters. The largest absolute Gasteiger partial charge is 0.362 e. The summed E-state index contributed by atoms with van der Waals surface area (Å²) in [6.07, 6.45) is 3.69. The molecule has 0 spiro atoms. The Morgan fingerprint density at radius 2 is 1.84 bits per heavy atom. The normalized spacial score (nSPS) is 14.9. The molecule has 0 fully saturated rings. The first-order valence-electron chi connectivity index (χ1n) is 8.04. The van der Waals surface area contributed by atoms with E-state index >= 15 is 0 Å². The lowest BCUT2D eigenvalue weighted by Crippen LogP contribution is -2.03. The number of rotatable bonds is 2. The molecule has 1 amide bonds. The lowest BCUT2D eigenvalue weighted by Gasteiger charge is -1.99. The standard InChI is InChI=1S/C20H14N4O/c25-20-14(11-13-7-4-10-21-13)17-15(23-20)8-9-16-18(17)24-19(22-16)12-5-2-1-3-6-12/h1-11,21H,(H,22,24)(H,23,25)/b14-11-. The highest BCUT2D eigenvalue weighted by atomic mass is 16.2. The number of hydrogen-bond donors (Lipinski definition) is 3. The lowest BCUT2D eigenvalue weighted by atomic mass is 10.0. The first kappa shape index (κ1) is 13.8. The third-order valence-corrected chi connectivity index (χ3v) is 4.39. The fourth-order valence-corrected chi connectivity index (χ4v) is 3.22. The lowest BCUT2D eigenvalue weighted by molar-refractivity contribution is -0.110. The Morgan fingerprint density at radius 1 is 0.960 bits per heavy atom. The van der Waals surface area contributed by atoms with Gasteiger partial charge in [0.1, 0.15) is 5.82 Å². The Labute approximate surface area is 143 Å². The van der Waals surface area contributed by atoms with Gasteiger partial charge in [0, 0.05) is 23.0 Å². The van der Waals surface area contributed by atoms with Gasteiger partial charge in [0.2, 0.25) is 0 Å². The Morgan fingerprint density at radius 3 is 2.64 bits per heavy atom. The van der Waals surface area contributed by atoms with Crippen LogP contribution in [0, 0.1) is 0 Å². The first-order valence-corrected chi connectivity index (χ1v) is 8.04. The van der Waals surface area contributed by atoms with Crippen LogP contribution < -0.4 is 5.32 Å². The number of carbonyl (C=O) groups excluding carboxylic acids is 1. The van der Waals surface area contributed by atoms with E-state index < -0.39 is 0 Å². The van der Waals surface area contributed by atoms with Gasteiger partial charge >= 0.3 is 0 Å². The van der Waals surface area contributed by atoms with Gasteiger partial charge in [-0.1, -0.05) is 30.3 Å². The van der Waals surface area contributed by atoms with Crippen molar-refractivity contribution in [1.82, 2.24) is 15.0 Å². The average Bonchev–Trinajstić information content (AvgIpc) is 3.35. The summed E-state index contributed by atoms with van der Waals surface area (Å²) >= 11 is 0. The fourth-order valence-electron chi connectivity index (χ4n) is 3.22. The number of carbonyl (C=O) groups is 1. The second kappa shape index (κ2) is 5.21. The molecule has 3 heterocycles. The molecule has 0 saturated heterocycles. The van der Waals surface area contributed by atoms with Crippen molar-refractivity contribution in [2.24, 2.45) is 0 Å². The second-order valence-corrected chi connectivity index (χ2v) is 5.97. The van der Waals surface area contributed by atoms with Gasteiger partial charge in [-0.2, -0.15) is 0 Å². The summed E-state index contributed by atoms with van der Waals surface area (Å²) in [5, 5.41) is 2.93. The fraction of sp³-hybridized carbons (Fsp3) is 0. The maximum atomic E-state index is 12.4. The minimum atomic E-state index is -0.110. The maximum absolute atomic E-state index is 12.4. The zero-order chi connectivity index (χ0) is 16.8. The number of H-pyrrole nitrogens is 2. The smallest absolute Gasteiger partial charge is 0.256 e. The Bertz CT molecular complexity index is 1120. The molecule has 3 N–H and O–H groups in total. The summed E-state index contributed by atoms with van der Waals surface area (Å²) < 4.78 is 0. The van der Waals surface area contributed by atoms with E-state index in [1.807, 2.05) is 66.9 Å². The van der Waals surface area contributed by atoms with Crippen molar-refractivity contribution in [2.75, 3.05) is 5.32 Å². The number of nitrogens with one attached hydrogen (secondary N) is 3. The predicted molar refractivity (Wildman–Crippen MR) is 98.8 cm³/mol.